The maximum Gasteiger partial charge on any atom is 0.415 e. The molecule has 3 aromatic carbocycles. The monoisotopic (exact) mass is 799 g/mol. The van der Waals surface area contributed by atoms with Crippen LogP contribution in [0.3, 0.4) is 0 Å². The number of benzene rings is 3. The van der Waals surface area contributed by atoms with Crippen molar-refractivity contribution >= 4 is 41.0 Å². The predicted octanol–water partition coefficient (Wildman–Crippen LogP) is 8.40. The van der Waals surface area contributed by atoms with E-state index in [-0.39, 0.29) is 46.2 Å². The Balaban J connectivity index is 1.25. The van der Waals surface area contributed by atoms with Gasteiger partial charge in [-0.3, -0.25) is 9.80 Å². The minimum absolute atomic E-state index is 0.00693. The van der Waals surface area contributed by atoms with Crippen LogP contribution in [0.1, 0.15) is 59.8 Å². The van der Waals surface area contributed by atoms with Crippen LogP contribution in [0.4, 0.5) is 19.3 Å². The summed E-state index contributed by atoms with van der Waals surface area (Å²) < 4.78 is 55.0. The van der Waals surface area contributed by atoms with Gasteiger partial charge in [-0.15, -0.1) is 0 Å². The number of carbonyl (C=O) groups is 2. The summed E-state index contributed by atoms with van der Waals surface area (Å²) in [4.78, 5) is 31.4. The van der Waals surface area contributed by atoms with E-state index < -0.39 is 30.9 Å². The van der Waals surface area contributed by atoms with Gasteiger partial charge in [0.25, 0.3) is 0 Å². The second-order valence-corrected chi connectivity index (χ2v) is 14.5. The summed E-state index contributed by atoms with van der Waals surface area (Å²) in [6.07, 6.45) is 1.96. The molecular weight excluding hydrogens is 759 g/mol. The van der Waals surface area contributed by atoms with Crippen LogP contribution in [-0.4, -0.2) is 62.5 Å². The fourth-order valence-electron chi connectivity index (χ4n) is 6.87. The Bertz CT molecular complexity index is 1960. The summed E-state index contributed by atoms with van der Waals surface area (Å²) in [6, 6.07) is 17.9. The molecule has 1 amide bonds. The molecule has 11 nitrogen and oxygen atoms in total. The lowest BCUT2D eigenvalue weighted by atomic mass is 9.86. The number of alkyl halides is 2. The molecule has 2 atom stereocenters. The number of nitrogens with zero attached hydrogens (tertiary/aromatic N) is 3. The SMILES string of the molecule is COc1ccccc1N(Cc1ccc(C(=O)O[C@@H](Cc2c(Cl)c[n+]([O-])cc2Cl)c2ccc(OC(F)F)c(OC(C)C)c2)cc1)C(=O)O[C@H]1CN2CCC1CC2. The summed E-state index contributed by atoms with van der Waals surface area (Å²) in [5.74, 6) is -0.100. The Morgan fingerprint density at radius 3 is 2.25 bits per heavy atom. The van der Waals surface area contributed by atoms with Crippen LogP contribution in [-0.2, 0) is 22.4 Å². The first-order chi connectivity index (χ1) is 26.4. The molecule has 3 saturated heterocycles. The highest BCUT2D eigenvalue weighted by atomic mass is 35.5. The zero-order valence-electron chi connectivity index (χ0n) is 30.5. The van der Waals surface area contributed by atoms with Crippen molar-refractivity contribution in [3.05, 3.63) is 117 Å². The molecule has 1 aromatic heterocycles. The Morgan fingerprint density at radius 2 is 1.64 bits per heavy atom. The molecule has 0 N–H and O–H groups in total. The number of aromatic nitrogens is 1. The molecule has 3 aliphatic rings. The highest BCUT2D eigenvalue weighted by Crippen LogP contribution is 2.38. The molecule has 7 rings (SSSR count). The van der Waals surface area contributed by atoms with Crippen molar-refractivity contribution in [2.45, 2.75) is 64.6 Å². The lowest BCUT2D eigenvalue weighted by Crippen LogP contribution is -2.53. The number of fused-ring (bicyclic) bond motifs is 3. The topological polar surface area (TPSA) is 114 Å². The number of piperidine rings is 3. The van der Waals surface area contributed by atoms with E-state index in [4.69, 9.17) is 42.1 Å². The average molecular weight is 801 g/mol. The Morgan fingerprint density at radius 1 is 0.945 bits per heavy atom. The number of methoxy groups -OCH3 is 1. The van der Waals surface area contributed by atoms with Crippen molar-refractivity contribution in [1.29, 1.82) is 0 Å². The van der Waals surface area contributed by atoms with Gasteiger partial charge in [0.15, 0.2) is 23.9 Å². The smallest absolute Gasteiger partial charge is 0.415 e. The van der Waals surface area contributed by atoms with E-state index in [0.29, 0.717) is 45.3 Å². The molecule has 4 heterocycles. The van der Waals surface area contributed by atoms with Crippen LogP contribution in [0.15, 0.2) is 79.1 Å². The second-order valence-electron chi connectivity index (χ2n) is 13.7. The first-order valence-corrected chi connectivity index (χ1v) is 18.6. The van der Waals surface area contributed by atoms with E-state index in [1.54, 1.807) is 50.2 Å². The average Bonchev–Trinajstić information content (AvgIpc) is 3.15. The number of anilines is 1. The molecule has 0 aliphatic carbocycles. The summed E-state index contributed by atoms with van der Waals surface area (Å²) in [5.41, 5.74) is 2.11. The van der Waals surface area contributed by atoms with Crippen LogP contribution in [0.2, 0.25) is 10.0 Å². The van der Waals surface area contributed by atoms with E-state index in [9.17, 15) is 23.6 Å². The number of rotatable bonds is 14. The zero-order chi connectivity index (χ0) is 39.2. The van der Waals surface area contributed by atoms with Gasteiger partial charge in [-0.2, -0.15) is 13.5 Å². The highest BCUT2D eigenvalue weighted by molar-refractivity contribution is 6.35. The summed E-state index contributed by atoms with van der Waals surface area (Å²) in [5, 5.41) is 12.0. The Hall–Kier alpha value is -4.85. The first-order valence-electron chi connectivity index (χ1n) is 17.8. The second kappa shape index (κ2) is 17.7. The first kappa shape index (κ1) is 39.8. The van der Waals surface area contributed by atoms with Crippen LogP contribution in [0, 0.1) is 11.1 Å². The van der Waals surface area contributed by atoms with Gasteiger partial charge in [0.1, 0.15) is 28.0 Å². The van der Waals surface area contributed by atoms with E-state index >= 15 is 0 Å². The molecule has 55 heavy (non-hydrogen) atoms. The standard InChI is InChI=1S/C40H41Cl2F2N3O8/c1-24(2)52-36-18-28(12-13-34(36)54-39(43)44)35(19-29-30(41)21-46(50)22-31(29)42)53-38(48)27-10-8-25(9-11-27)20-47(32-6-4-5-7-33(32)51-3)40(49)55-37-23-45-16-14-26(37)15-17-45/h4-13,18,21-22,24,26,35,37,39H,14-17,19-20,23H2,1-3H3/t35-,37-/m0/s1. The normalized spacial score (nSPS) is 18.2. The van der Waals surface area contributed by atoms with Gasteiger partial charge in [-0.1, -0.05) is 53.5 Å². The number of hydrogen-bond donors (Lipinski definition) is 0. The lowest BCUT2D eigenvalue weighted by Gasteiger charge is -2.44. The number of carbonyl (C=O) groups excluding carboxylic acids is 2. The van der Waals surface area contributed by atoms with Gasteiger partial charge in [-0.25, -0.2) is 9.59 Å². The quantitative estimate of drug-likeness (QED) is 0.0705. The number of halogens is 4. The fourth-order valence-corrected chi connectivity index (χ4v) is 7.47. The van der Waals surface area contributed by atoms with Crippen LogP contribution in [0.5, 0.6) is 17.2 Å². The van der Waals surface area contributed by atoms with Gasteiger partial charge in [0.05, 0.1) is 31.0 Å². The van der Waals surface area contributed by atoms with Crippen molar-refractivity contribution in [2.75, 3.05) is 31.6 Å². The molecule has 292 valence electrons. The molecule has 0 radical (unpaired) electrons. The molecule has 3 aliphatic heterocycles. The number of pyridine rings is 1. The van der Waals surface area contributed by atoms with E-state index in [2.05, 4.69) is 9.64 Å². The minimum atomic E-state index is -3.10. The van der Waals surface area contributed by atoms with Crippen molar-refractivity contribution in [2.24, 2.45) is 5.92 Å². The molecule has 0 unspecified atom stereocenters. The number of amides is 1. The molecular formula is C40H41Cl2F2N3O8. The van der Waals surface area contributed by atoms with Gasteiger partial charge >= 0.3 is 18.7 Å². The fraction of sp³-hybridized carbons (Fsp3) is 0.375. The maximum atomic E-state index is 13.8. The van der Waals surface area contributed by atoms with Gasteiger partial charge in [-0.05, 0) is 93.2 Å². The van der Waals surface area contributed by atoms with Gasteiger partial charge in [0.2, 0.25) is 0 Å². The molecule has 3 fully saturated rings. The van der Waals surface area contributed by atoms with E-state index in [1.165, 1.54) is 30.2 Å². The molecule has 0 spiro atoms. The minimum Gasteiger partial charge on any atom is -0.619 e. The maximum absolute atomic E-state index is 13.8. The van der Waals surface area contributed by atoms with Crippen molar-refractivity contribution in [3.63, 3.8) is 0 Å². The number of esters is 1. The van der Waals surface area contributed by atoms with Gasteiger partial charge < -0.3 is 28.9 Å². The van der Waals surface area contributed by atoms with Crippen LogP contribution >= 0.6 is 23.2 Å². The third kappa shape index (κ3) is 9.88. The Kier molecular flexibility index (Phi) is 12.8. The van der Waals surface area contributed by atoms with E-state index in [0.717, 1.165) is 38.3 Å². The Labute approximate surface area is 327 Å². The summed E-state index contributed by atoms with van der Waals surface area (Å²) in [7, 11) is 1.53. The van der Waals surface area contributed by atoms with E-state index in [1.807, 2.05) is 12.1 Å². The third-order valence-electron chi connectivity index (χ3n) is 9.59. The highest BCUT2D eigenvalue weighted by Gasteiger charge is 2.38. The summed E-state index contributed by atoms with van der Waals surface area (Å²) >= 11 is 12.8. The van der Waals surface area contributed by atoms with Crippen molar-refractivity contribution < 1.29 is 46.8 Å². The van der Waals surface area contributed by atoms with Crippen LogP contribution < -0.4 is 23.8 Å². The van der Waals surface area contributed by atoms with Crippen molar-refractivity contribution in [3.8, 4) is 17.2 Å². The molecule has 0 saturated carbocycles. The van der Waals surface area contributed by atoms with Gasteiger partial charge in [0, 0.05) is 18.5 Å². The third-order valence-corrected chi connectivity index (χ3v) is 10.2. The lowest BCUT2D eigenvalue weighted by molar-refractivity contribution is -0.605. The number of hydrogen-bond acceptors (Lipinski definition) is 9. The van der Waals surface area contributed by atoms with Crippen molar-refractivity contribution in [1.82, 2.24) is 4.90 Å². The molecule has 4 aromatic rings. The molecule has 2 bridgehead atoms. The number of para-hydroxylation sites is 2. The molecule has 15 heteroatoms. The predicted molar refractivity (Wildman–Crippen MR) is 201 cm³/mol. The summed E-state index contributed by atoms with van der Waals surface area (Å²) in [6.45, 7) is 3.18. The zero-order valence-corrected chi connectivity index (χ0v) is 32.0. The largest absolute Gasteiger partial charge is 0.619 e. The number of ether oxygens (including phenoxy) is 5. The van der Waals surface area contributed by atoms with Crippen LogP contribution in [0.25, 0.3) is 0 Å².